The highest BCUT2D eigenvalue weighted by Gasteiger charge is 2.15. The van der Waals surface area contributed by atoms with Crippen LogP contribution in [0.4, 0.5) is 5.69 Å². The molecule has 3 nitrogen and oxygen atoms in total. The van der Waals surface area contributed by atoms with Crippen molar-refractivity contribution in [2.45, 2.75) is 43.6 Å². The topological polar surface area (TPSA) is 38.3 Å². The summed E-state index contributed by atoms with van der Waals surface area (Å²) >= 11 is 1.71. The van der Waals surface area contributed by atoms with Gasteiger partial charge in [0.2, 0.25) is 0 Å². The summed E-state index contributed by atoms with van der Waals surface area (Å²) in [4.78, 5) is 14.7. The van der Waals surface area contributed by atoms with Crippen LogP contribution in [-0.2, 0) is 4.79 Å². The molecule has 28 heavy (non-hydrogen) atoms. The maximum absolute atomic E-state index is 12.4. The molecule has 3 rings (SSSR count). The van der Waals surface area contributed by atoms with Crippen LogP contribution in [0.1, 0.15) is 23.6 Å². The van der Waals surface area contributed by atoms with Gasteiger partial charge in [-0.3, -0.25) is 4.79 Å². The van der Waals surface area contributed by atoms with Crippen molar-refractivity contribution < 1.29 is 9.53 Å². The van der Waals surface area contributed by atoms with E-state index in [1.54, 1.807) is 18.7 Å². The summed E-state index contributed by atoms with van der Waals surface area (Å²) in [5, 5.41) is 2.91. The molecule has 0 radical (unpaired) electrons. The van der Waals surface area contributed by atoms with E-state index in [4.69, 9.17) is 4.74 Å². The normalized spacial score (nSPS) is 11.7. The van der Waals surface area contributed by atoms with Gasteiger partial charge in [-0.25, -0.2) is 0 Å². The van der Waals surface area contributed by atoms with E-state index in [-0.39, 0.29) is 5.91 Å². The molecule has 1 amide bonds. The van der Waals surface area contributed by atoms with Crippen molar-refractivity contribution in [1.29, 1.82) is 0 Å². The Hall–Kier alpha value is -2.72. The number of hydrogen-bond acceptors (Lipinski definition) is 3. The van der Waals surface area contributed by atoms with Crippen molar-refractivity contribution >= 4 is 23.4 Å². The van der Waals surface area contributed by atoms with Crippen LogP contribution in [0.25, 0.3) is 0 Å². The highest BCUT2D eigenvalue weighted by molar-refractivity contribution is 7.99. The predicted octanol–water partition coefficient (Wildman–Crippen LogP) is 6.17. The molecule has 4 heteroatoms. The summed E-state index contributed by atoms with van der Waals surface area (Å²) in [5.41, 5.74) is 4.50. The molecule has 0 spiro atoms. The number of ether oxygens (including phenoxy) is 1. The number of hydrogen-bond donors (Lipinski definition) is 1. The molecule has 0 aliphatic carbocycles. The van der Waals surface area contributed by atoms with E-state index < -0.39 is 6.10 Å². The second-order valence-electron chi connectivity index (χ2n) is 6.93. The third kappa shape index (κ3) is 5.40. The van der Waals surface area contributed by atoms with Crippen molar-refractivity contribution in [2.75, 3.05) is 5.32 Å². The van der Waals surface area contributed by atoms with Crippen molar-refractivity contribution in [2.24, 2.45) is 0 Å². The molecule has 0 aliphatic heterocycles. The lowest BCUT2D eigenvalue weighted by molar-refractivity contribution is -0.122. The average molecular weight is 392 g/mol. The Labute approximate surface area is 171 Å². The Kier molecular flexibility index (Phi) is 6.42. The highest BCUT2D eigenvalue weighted by atomic mass is 32.2. The Bertz CT molecular complexity index is 949. The first-order valence-electron chi connectivity index (χ1n) is 9.30. The molecular formula is C24H25NO2S. The fourth-order valence-corrected chi connectivity index (χ4v) is 3.55. The number of nitrogens with one attached hydrogen (secondary N) is 1. The number of carbonyl (C=O) groups excluding carboxylic acids is 1. The van der Waals surface area contributed by atoms with Crippen molar-refractivity contribution in [3.8, 4) is 5.75 Å². The van der Waals surface area contributed by atoms with Gasteiger partial charge in [0.1, 0.15) is 5.75 Å². The molecule has 0 unspecified atom stereocenters. The van der Waals surface area contributed by atoms with E-state index in [2.05, 4.69) is 37.4 Å². The van der Waals surface area contributed by atoms with Crippen molar-refractivity contribution in [3.05, 3.63) is 83.4 Å². The zero-order valence-corrected chi connectivity index (χ0v) is 17.5. The molecule has 0 saturated carbocycles. The van der Waals surface area contributed by atoms with Gasteiger partial charge in [0.25, 0.3) is 5.91 Å². The van der Waals surface area contributed by atoms with Crippen LogP contribution in [0.5, 0.6) is 5.75 Å². The number of rotatable bonds is 6. The van der Waals surface area contributed by atoms with Gasteiger partial charge in [-0.05, 0) is 87.4 Å². The molecule has 1 N–H and O–H groups in total. The monoisotopic (exact) mass is 391 g/mol. The van der Waals surface area contributed by atoms with Gasteiger partial charge in [-0.15, -0.1) is 0 Å². The van der Waals surface area contributed by atoms with E-state index >= 15 is 0 Å². The van der Waals surface area contributed by atoms with Gasteiger partial charge in [0, 0.05) is 15.5 Å². The van der Waals surface area contributed by atoms with Crippen LogP contribution in [0, 0.1) is 20.8 Å². The van der Waals surface area contributed by atoms with E-state index in [1.807, 2.05) is 55.5 Å². The SMILES string of the molecule is Cc1ccc(O[C@@H](C)C(=O)Nc2ccc(Sc3ccc(C)c(C)c3)cc2)cc1. The number of anilines is 1. The van der Waals surface area contributed by atoms with Gasteiger partial charge < -0.3 is 10.1 Å². The Balaban J connectivity index is 1.57. The number of amides is 1. The van der Waals surface area contributed by atoms with Gasteiger partial charge in [-0.2, -0.15) is 0 Å². The van der Waals surface area contributed by atoms with Gasteiger partial charge >= 0.3 is 0 Å². The van der Waals surface area contributed by atoms with Crippen LogP contribution < -0.4 is 10.1 Å². The fraction of sp³-hybridized carbons (Fsp3) is 0.208. The molecule has 3 aromatic rings. The fourth-order valence-electron chi connectivity index (χ4n) is 2.64. The highest BCUT2D eigenvalue weighted by Crippen LogP contribution is 2.29. The largest absolute Gasteiger partial charge is 0.481 e. The summed E-state index contributed by atoms with van der Waals surface area (Å²) in [6.07, 6.45) is -0.577. The number of aryl methyl sites for hydroxylation is 3. The van der Waals surface area contributed by atoms with Crippen LogP contribution in [-0.4, -0.2) is 12.0 Å². The Morgan fingerprint density at radius 3 is 2.14 bits per heavy atom. The molecule has 0 aromatic heterocycles. The van der Waals surface area contributed by atoms with Gasteiger partial charge in [-0.1, -0.05) is 35.5 Å². The molecule has 0 saturated heterocycles. The molecule has 0 heterocycles. The summed E-state index contributed by atoms with van der Waals surface area (Å²) in [6.45, 7) is 8.00. The third-order valence-electron chi connectivity index (χ3n) is 4.54. The van der Waals surface area contributed by atoms with Crippen LogP contribution in [0.2, 0.25) is 0 Å². The first-order valence-corrected chi connectivity index (χ1v) is 10.1. The molecule has 0 aliphatic rings. The van der Waals surface area contributed by atoms with E-state index in [9.17, 15) is 4.79 Å². The molecular weight excluding hydrogens is 366 g/mol. The first-order chi connectivity index (χ1) is 13.4. The second kappa shape index (κ2) is 8.98. The lowest BCUT2D eigenvalue weighted by Crippen LogP contribution is -2.30. The van der Waals surface area contributed by atoms with Crippen molar-refractivity contribution in [3.63, 3.8) is 0 Å². The Morgan fingerprint density at radius 1 is 0.857 bits per heavy atom. The third-order valence-corrected chi connectivity index (χ3v) is 5.54. The van der Waals surface area contributed by atoms with E-state index in [0.29, 0.717) is 5.75 Å². The molecule has 0 bridgehead atoms. The van der Waals surface area contributed by atoms with Crippen LogP contribution in [0.15, 0.2) is 76.5 Å². The van der Waals surface area contributed by atoms with Gasteiger partial charge in [0.15, 0.2) is 6.10 Å². The lowest BCUT2D eigenvalue weighted by Gasteiger charge is -2.15. The average Bonchev–Trinajstić information content (AvgIpc) is 2.68. The van der Waals surface area contributed by atoms with Crippen LogP contribution in [0.3, 0.4) is 0 Å². The lowest BCUT2D eigenvalue weighted by atomic mass is 10.1. The molecule has 3 aromatic carbocycles. The standard InChI is InChI=1S/C24H25NO2S/c1-16-5-10-21(11-6-16)27-19(4)24(26)25-20-8-13-22(14-9-20)28-23-12-7-17(2)18(3)15-23/h5-15,19H,1-4H3,(H,25,26)/t19-/m0/s1. The van der Waals surface area contributed by atoms with E-state index in [1.165, 1.54) is 16.0 Å². The number of carbonyl (C=O) groups is 1. The second-order valence-corrected chi connectivity index (χ2v) is 8.08. The van der Waals surface area contributed by atoms with Crippen LogP contribution >= 0.6 is 11.8 Å². The molecule has 0 fully saturated rings. The minimum absolute atomic E-state index is 0.171. The van der Waals surface area contributed by atoms with Gasteiger partial charge in [0.05, 0.1) is 0 Å². The molecule has 144 valence electrons. The minimum atomic E-state index is -0.577. The summed E-state index contributed by atoms with van der Waals surface area (Å²) in [6, 6.07) is 22.0. The predicted molar refractivity (Wildman–Crippen MR) is 116 cm³/mol. The summed E-state index contributed by atoms with van der Waals surface area (Å²) in [7, 11) is 0. The molecule has 1 atom stereocenters. The maximum atomic E-state index is 12.4. The quantitative estimate of drug-likeness (QED) is 0.546. The smallest absolute Gasteiger partial charge is 0.265 e. The number of benzene rings is 3. The van der Waals surface area contributed by atoms with E-state index in [0.717, 1.165) is 16.1 Å². The minimum Gasteiger partial charge on any atom is -0.481 e. The zero-order chi connectivity index (χ0) is 20.1. The Morgan fingerprint density at radius 2 is 1.50 bits per heavy atom. The zero-order valence-electron chi connectivity index (χ0n) is 16.7. The summed E-state index contributed by atoms with van der Waals surface area (Å²) < 4.78 is 5.71. The summed E-state index contributed by atoms with van der Waals surface area (Å²) in [5.74, 6) is 0.517. The first kappa shape index (κ1) is 20.0. The van der Waals surface area contributed by atoms with Crippen molar-refractivity contribution in [1.82, 2.24) is 0 Å². The maximum Gasteiger partial charge on any atom is 0.265 e.